The second-order valence-corrected chi connectivity index (χ2v) is 8.66. The van der Waals surface area contributed by atoms with E-state index >= 15 is 0 Å². The number of thiazole rings is 1. The van der Waals surface area contributed by atoms with Gasteiger partial charge in [-0.15, -0.1) is 0 Å². The maximum absolute atomic E-state index is 13.5. The molecule has 0 saturated heterocycles. The van der Waals surface area contributed by atoms with Crippen LogP contribution in [0.4, 0.5) is 0 Å². The third-order valence-corrected chi connectivity index (χ3v) is 6.73. The van der Waals surface area contributed by atoms with E-state index in [1.807, 2.05) is 61.5 Å². The highest BCUT2D eigenvalue weighted by Gasteiger charge is 2.53. The molecule has 3 aromatic rings. The van der Waals surface area contributed by atoms with E-state index in [1.54, 1.807) is 11.7 Å². The van der Waals surface area contributed by atoms with E-state index in [4.69, 9.17) is 14.5 Å². The number of carbonyl (C=O) groups excluding carboxylic acids is 1. The lowest BCUT2D eigenvalue weighted by atomic mass is 9.79. The standard InChI is InChI=1S/C23H20N2O4S/c1-13(26)19-20-15-9-5-7-11-17(15)29-23(19,2)24-22-25(20)21(27)18(30-22)12-14-8-4-6-10-16(14)28-3/h4-12,19-20H,1-3H3/b18-12+. The third-order valence-electron chi connectivity index (χ3n) is 5.74. The first-order chi connectivity index (χ1) is 14.4. The van der Waals surface area contributed by atoms with Crippen LogP contribution in [0, 0.1) is 5.92 Å². The minimum Gasteiger partial charge on any atom is -0.496 e. The molecule has 1 aromatic heterocycles. The zero-order valence-corrected chi connectivity index (χ0v) is 17.6. The lowest BCUT2D eigenvalue weighted by molar-refractivity contribution is -0.132. The van der Waals surface area contributed by atoms with Gasteiger partial charge in [0.05, 0.1) is 17.7 Å². The van der Waals surface area contributed by atoms with Gasteiger partial charge in [-0.3, -0.25) is 14.2 Å². The van der Waals surface area contributed by atoms with Gasteiger partial charge in [0, 0.05) is 11.1 Å². The maximum atomic E-state index is 13.5. The zero-order valence-electron chi connectivity index (χ0n) is 16.8. The van der Waals surface area contributed by atoms with Gasteiger partial charge in [0.25, 0.3) is 5.56 Å². The average Bonchev–Trinajstić information content (AvgIpc) is 3.01. The van der Waals surface area contributed by atoms with Crippen molar-refractivity contribution >= 4 is 23.2 Å². The molecule has 2 aromatic carbocycles. The van der Waals surface area contributed by atoms with Gasteiger partial charge < -0.3 is 9.47 Å². The molecule has 0 fully saturated rings. The maximum Gasteiger partial charge on any atom is 0.270 e. The predicted molar refractivity (Wildman–Crippen MR) is 114 cm³/mol. The summed E-state index contributed by atoms with van der Waals surface area (Å²) in [7, 11) is 1.60. The van der Waals surface area contributed by atoms with E-state index < -0.39 is 17.7 Å². The van der Waals surface area contributed by atoms with Crippen molar-refractivity contribution in [1.82, 2.24) is 4.57 Å². The second kappa shape index (κ2) is 6.67. The molecule has 3 atom stereocenters. The predicted octanol–water partition coefficient (Wildman–Crippen LogP) is 2.28. The van der Waals surface area contributed by atoms with E-state index in [1.165, 1.54) is 18.3 Å². The van der Waals surface area contributed by atoms with Gasteiger partial charge in [0.15, 0.2) is 4.80 Å². The van der Waals surface area contributed by atoms with Gasteiger partial charge in [-0.25, -0.2) is 4.99 Å². The van der Waals surface area contributed by atoms with E-state index in [0.29, 0.717) is 20.8 Å². The largest absolute Gasteiger partial charge is 0.496 e. The molecule has 5 rings (SSSR count). The van der Waals surface area contributed by atoms with Crippen LogP contribution >= 0.6 is 11.3 Å². The van der Waals surface area contributed by atoms with Gasteiger partial charge in [-0.05, 0) is 32.1 Å². The number of hydrogen-bond acceptors (Lipinski definition) is 6. The van der Waals surface area contributed by atoms with Crippen LogP contribution in [0.25, 0.3) is 6.08 Å². The summed E-state index contributed by atoms with van der Waals surface area (Å²) in [5.41, 5.74) is 0.420. The summed E-state index contributed by atoms with van der Waals surface area (Å²) in [5.74, 6) is 0.711. The number of ketones is 1. The Bertz CT molecular complexity index is 1360. The summed E-state index contributed by atoms with van der Waals surface area (Å²) in [6.07, 6.45) is 1.81. The van der Waals surface area contributed by atoms with E-state index in [-0.39, 0.29) is 11.3 Å². The Morgan fingerprint density at radius 3 is 2.73 bits per heavy atom. The van der Waals surface area contributed by atoms with Crippen molar-refractivity contribution in [1.29, 1.82) is 0 Å². The molecular formula is C23H20N2O4S. The molecule has 0 saturated carbocycles. The molecule has 0 aliphatic carbocycles. The van der Waals surface area contributed by atoms with Crippen molar-refractivity contribution in [3.05, 3.63) is 79.3 Å². The monoisotopic (exact) mass is 420 g/mol. The van der Waals surface area contributed by atoms with Gasteiger partial charge in [-0.2, -0.15) is 0 Å². The van der Waals surface area contributed by atoms with Gasteiger partial charge >= 0.3 is 0 Å². The van der Waals surface area contributed by atoms with Gasteiger partial charge in [0.2, 0.25) is 5.72 Å². The summed E-state index contributed by atoms with van der Waals surface area (Å²) in [4.78, 5) is 31.5. The number of carbonyl (C=O) groups is 1. The number of para-hydroxylation sites is 2. The summed E-state index contributed by atoms with van der Waals surface area (Å²) in [6, 6.07) is 14.6. The van der Waals surface area contributed by atoms with Crippen molar-refractivity contribution in [2.45, 2.75) is 25.6 Å². The van der Waals surface area contributed by atoms with Crippen LogP contribution in [0.15, 0.2) is 58.3 Å². The average molecular weight is 420 g/mol. The Labute approximate surface area is 176 Å². The number of rotatable bonds is 3. The number of benzene rings is 2. The van der Waals surface area contributed by atoms with Gasteiger partial charge in [-0.1, -0.05) is 47.7 Å². The summed E-state index contributed by atoms with van der Waals surface area (Å²) in [5, 5.41) is 0. The summed E-state index contributed by atoms with van der Waals surface area (Å²) >= 11 is 1.30. The number of methoxy groups -OCH3 is 1. The Morgan fingerprint density at radius 2 is 1.97 bits per heavy atom. The molecule has 152 valence electrons. The van der Waals surface area contributed by atoms with Crippen molar-refractivity contribution < 1.29 is 14.3 Å². The highest BCUT2D eigenvalue weighted by Crippen LogP contribution is 2.47. The molecule has 0 spiro atoms. The highest BCUT2D eigenvalue weighted by molar-refractivity contribution is 7.07. The lowest BCUT2D eigenvalue weighted by Crippen LogP contribution is -2.58. The van der Waals surface area contributed by atoms with Crippen molar-refractivity contribution in [2.75, 3.05) is 7.11 Å². The Morgan fingerprint density at radius 1 is 1.23 bits per heavy atom. The Balaban J connectivity index is 1.81. The summed E-state index contributed by atoms with van der Waals surface area (Å²) in [6.45, 7) is 3.35. The Hall–Kier alpha value is -3.19. The molecule has 2 aliphatic rings. The van der Waals surface area contributed by atoms with Crippen LogP contribution in [-0.2, 0) is 4.79 Å². The molecule has 0 radical (unpaired) electrons. The minimum atomic E-state index is -1.05. The first-order valence-electron chi connectivity index (χ1n) is 9.67. The van der Waals surface area contributed by atoms with Crippen molar-refractivity contribution in [3.63, 3.8) is 0 Å². The molecule has 0 N–H and O–H groups in total. The van der Waals surface area contributed by atoms with Crippen LogP contribution < -0.4 is 24.4 Å². The van der Waals surface area contributed by atoms with Gasteiger partial charge in [0.1, 0.15) is 23.2 Å². The first-order valence-corrected chi connectivity index (χ1v) is 10.5. The number of Topliss-reactive ketones (excluding diaryl/α,β-unsaturated/α-hetero) is 1. The van der Waals surface area contributed by atoms with Crippen LogP contribution in [-0.4, -0.2) is 23.2 Å². The fourth-order valence-electron chi connectivity index (χ4n) is 4.48. The molecule has 7 heteroatoms. The number of fused-ring (bicyclic) bond motifs is 6. The third kappa shape index (κ3) is 2.65. The number of hydrogen-bond donors (Lipinski definition) is 0. The normalized spacial score (nSPS) is 24.3. The van der Waals surface area contributed by atoms with Crippen LogP contribution in [0.2, 0.25) is 0 Å². The highest BCUT2D eigenvalue weighted by atomic mass is 32.1. The summed E-state index contributed by atoms with van der Waals surface area (Å²) < 4.78 is 13.8. The van der Waals surface area contributed by atoms with Crippen LogP contribution in [0.3, 0.4) is 0 Å². The molecule has 2 bridgehead atoms. The van der Waals surface area contributed by atoms with E-state index in [2.05, 4.69) is 0 Å². The molecular weight excluding hydrogens is 400 g/mol. The minimum absolute atomic E-state index is 0.0558. The number of ether oxygens (including phenoxy) is 2. The quantitative estimate of drug-likeness (QED) is 0.652. The fourth-order valence-corrected chi connectivity index (χ4v) is 5.57. The van der Waals surface area contributed by atoms with E-state index in [9.17, 15) is 9.59 Å². The smallest absolute Gasteiger partial charge is 0.270 e. The van der Waals surface area contributed by atoms with E-state index in [0.717, 1.165) is 11.1 Å². The molecule has 6 nitrogen and oxygen atoms in total. The second-order valence-electron chi connectivity index (χ2n) is 7.65. The molecule has 30 heavy (non-hydrogen) atoms. The number of nitrogens with zero attached hydrogens (tertiary/aromatic N) is 2. The number of aromatic nitrogens is 1. The first kappa shape index (κ1) is 18.8. The van der Waals surface area contributed by atoms with Crippen molar-refractivity contribution in [3.8, 4) is 11.5 Å². The molecule has 0 amide bonds. The Kier molecular flexibility index (Phi) is 4.18. The molecule has 3 heterocycles. The fraction of sp³-hybridized carbons (Fsp3) is 0.261. The van der Waals surface area contributed by atoms with Crippen LogP contribution in [0.5, 0.6) is 11.5 Å². The van der Waals surface area contributed by atoms with Crippen LogP contribution in [0.1, 0.15) is 31.0 Å². The SMILES string of the molecule is COc1ccccc1/C=c1/sc2n(c1=O)C1c3ccccc3OC(C)(N=2)C1C(C)=O. The zero-order chi connectivity index (χ0) is 21.0. The molecule has 3 unspecified atom stereocenters. The lowest BCUT2D eigenvalue weighted by Gasteiger charge is -2.45. The molecule has 2 aliphatic heterocycles. The topological polar surface area (TPSA) is 69.9 Å². The van der Waals surface area contributed by atoms with Crippen molar-refractivity contribution in [2.24, 2.45) is 10.9 Å².